The zero-order valence-electron chi connectivity index (χ0n) is 5.48. The van der Waals surface area contributed by atoms with Crippen LogP contribution in [0.25, 0.3) is 0 Å². The van der Waals surface area contributed by atoms with E-state index in [2.05, 4.69) is 11.4 Å². The SMILES string of the molecule is COCC1(C#N)CNC1. The lowest BCUT2D eigenvalue weighted by Gasteiger charge is -2.35. The van der Waals surface area contributed by atoms with Crippen molar-refractivity contribution < 1.29 is 4.74 Å². The maximum absolute atomic E-state index is 8.60. The quantitative estimate of drug-likeness (QED) is 0.554. The predicted molar refractivity (Wildman–Crippen MR) is 32.8 cm³/mol. The van der Waals surface area contributed by atoms with Crippen molar-refractivity contribution in [2.45, 2.75) is 0 Å². The average molecular weight is 126 g/mol. The molecule has 50 valence electrons. The highest BCUT2D eigenvalue weighted by Crippen LogP contribution is 2.20. The molecule has 0 aromatic carbocycles. The minimum absolute atomic E-state index is 0.214. The van der Waals surface area contributed by atoms with Gasteiger partial charge >= 0.3 is 0 Å². The second kappa shape index (κ2) is 2.34. The summed E-state index contributed by atoms with van der Waals surface area (Å²) in [6.07, 6.45) is 0. The van der Waals surface area contributed by atoms with Gasteiger partial charge < -0.3 is 10.1 Å². The van der Waals surface area contributed by atoms with Gasteiger partial charge in [0.05, 0.1) is 12.7 Å². The van der Waals surface area contributed by atoms with Crippen LogP contribution in [0.4, 0.5) is 0 Å². The van der Waals surface area contributed by atoms with Crippen LogP contribution >= 0.6 is 0 Å². The normalized spacial score (nSPS) is 22.2. The van der Waals surface area contributed by atoms with Crippen LogP contribution in [0.3, 0.4) is 0 Å². The zero-order chi connectivity index (χ0) is 6.74. The van der Waals surface area contributed by atoms with Crippen molar-refractivity contribution in [1.29, 1.82) is 5.26 Å². The highest BCUT2D eigenvalue weighted by molar-refractivity contribution is 5.08. The topological polar surface area (TPSA) is 45.0 Å². The molecule has 1 aliphatic rings. The Labute approximate surface area is 54.6 Å². The molecule has 0 aromatic heterocycles. The first kappa shape index (κ1) is 6.53. The standard InChI is InChI=1S/C6H10N2O/c1-9-5-6(2-7)3-8-4-6/h8H,3-5H2,1H3. The lowest BCUT2D eigenvalue weighted by atomic mass is 9.85. The van der Waals surface area contributed by atoms with Gasteiger partial charge in [0.25, 0.3) is 0 Å². The van der Waals surface area contributed by atoms with E-state index in [9.17, 15) is 0 Å². The molecule has 0 spiro atoms. The largest absolute Gasteiger partial charge is 0.383 e. The predicted octanol–water partition coefficient (Wildman–Crippen LogP) is -0.254. The van der Waals surface area contributed by atoms with Gasteiger partial charge in [-0.15, -0.1) is 0 Å². The minimum Gasteiger partial charge on any atom is -0.383 e. The number of ether oxygens (including phenoxy) is 1. The first-order chi connectivity index (χ1) is 4.33. The van der Waals surface area contributed by atoms with E-state index < -0.39 is 0 Å². The molecule has 3 nitrogen and oxygen atoms in total. The molecule has 0 bridgehead atoms. The Morgan fingerprint density at radius 2 is 2.44 bits per heavy atom. The lowest BCUT2D eigenvalue weighted by Crippen LogP contribution is -2.55. The summed E-state index contributed by atoms with van der Waals surface area (Å²) >= 11 is 0. The maximum atomic E-state index is 8.60. The van der Waals surface area contributed by atoms with Gasteiger partial charge in [0.1, 0.15) is 5.41 Å². The van der Waals surface area contributed by atoms with Crippen molar-refractivity contribution in [3.8, 4) is 6.07 Å². The molecule has 0 aliphatic carbocycles. The highest BCUT2D eigenvalue weighted by atomic mass is 16.5. The molecule has 1 heterocycles. The minimum atomic E-state index is -0.214. The fourth-order valence-corrected chi connectivity index (χ4v) is 0.916. The van der Waals surface area contributed by atoms with Gasteiger partial charge in [-0.1, -0.05) is 0 Å². The van der Waals surface area contributed by atoms with Gasteiger partial charge in [-0.05, 0) is 0 Å². The van der Waals surface area contributed by atoms with E-state index in [0.717, 1.165) is 13.1 Å². The Kier molecular flexibility index (Phi) is 1.70. The van der Waals surface area contributed by atoms with E-state index >= 15 is 0 Å². The van der Waals surface area contributed by atoms with Gasteiger partial charge in [0.2, 0.25) is 0 Å². The van der Waals surface area contributed by atoms with Crippen LogP contribution in [0.15, 0.2) is 0 Å². The van der Waals surface area contributed by atoms with Gasteiger partial charge in [-0.2, -0.15) is 5.26 Å². The number of nitriles is 1. The first-order valence-electron chi connectivity index (χ1n) is 2.94. The van der Waals surface area contributed by atoms with Crippen molar-refractivity contribution in [2.24, 2.45) is 5.41 Å². The molecule has 0 radical (unpaired) electrons. The molecule has 9 heavy (non-hydrogen) atoms. The van der Waals surface area contributed by atoms with Crippen LogP contribution in [0.2, 0.25) is 0 Å². The molecule has 1 fully saturated rings. The molecule has 1 saturated heterocycles. The second-order valence-electron chi connectivity index (χ2n) is 2.43. The van der Waals surface area contributed by atoms with E-state index in [-0.39, 0.29) is 5.41 Å². The van der Waals surface area contributed by atoms with Crippen molar-refractivity contribution in [2.75, 3.05) is 26.8 Å². The van der Waals surface area contributed by atoms with Crippen LogP contribution in [0, 0.1) is 16.7 Å². The summed E-state index contributed by atoms with van der Waals surface area (Å²) in [5.74, 6) is 0. The van der Waals surface area contributed by atoms with Gasteiger partial charge in [-0.3, -0.25) is 0 Å². The Morgan fingerprint density at radius 1 is 1.78 bits per heavy atom. The summed E-state index contributed by atoms with van der Waals surface area (Å²) in [5.41, 5.74) is -0.214. The van der Waals surface area contributed by atoms with Gasteiger partial charge in [0.15, 0.2) is 0 Å². The van der Waals surface area contributed by atoms with E-state index in [1.165, 1.54) is 0 Å². The number of rotatable bonds is 2. The van der Waals surface area contributed by atoms with Crippen molar-refractivity contribution >= 4 is 0 Å². The molecule has 1 rings (SSSR count). The third-order valence-corrected chi connectivity index (χ3v) is 1.58. The molecule has 1 N–H and O–H groups in total. The monoisotopic (exact) mass is 126 g/mol. The van der Waals surface area contributed by atoms with Crippen molar-refractivity contribution in [3.05, 3.63) is 0 Å². The fraction of sp³-hybridized carbons (Fsp3) is 0.833. The molecule has 0 aromatic rings. The lowest BCUT2D eigenvalue weighted by molar-refractivity contribution is 0.0794. The molecule has 0 atom stereocenters. The molecule has 1 aliphatic heterocycles. The van der Waals surface area contributed by atoms with Crippen molar-refractivity contribution in [1.82, 2.24) is 5.32 Å². The Bertz CT molecular complexity index is 134. The molecule has 0 amide bonds. The second-order valence-corrected chi connectivity index (χ2v) is 2.43. The Morgan fingerprint density at radius 3 is 2.56 bits per heavy atom. The third kappa shape index (κ3) is 1.04. The fourth-order valence-electron chi connectivity index (χ4n) is 0.916. The molecular weight excluding hydrogens is 116 g/mol. The van der Waals surface area contributed by atoms with E-state index in [0.29, 0.717) is 6.61 Å². The molecule has 0 saturated carbocycles. The van der Waals surface area contributed by atoms with Gasteiger partial charge in [-0.25, -0.2) is 0 Å². The summed E-state index contributed by atoms with van der Waals surface area (Å²) in [5, 5.41) is 11.6. The Hall–Kier alpha value is -0.590. The van der Waals surface area contributed by atoms with Crippen LogP contribution in [-0.4, -0.2) is 26.8 Å². The highest BCUT2D eigenvalue weighted by Gasteiger charge is 2.36. The van der Waals surface area contributed by atoms with E-state index in [1.54, 1.807) is 7.11 Å². The van der Waals surface area contributed by atoms with Crippen LogP contribution in [-0.2, 0) is 4.74 Å². The summed E-state index contributed by atoms with van der Waals surface area (Å²) in [6, 6.07) is 2.23. The van der Waals surface area contributed by atoms with Crippen LogP contribution < -0.4 is 5.32 Å². The average Bonchev–Trinajstić information content (AvgIpc) is 1.79. The zero-order valence-corrected chi connectivity index (χ0v) is 5.48. The molecule has 3 heteroatoms. The van der Waals surface area contributed by atoms with Crippen LogP contribution in [0.5, 0.6) is 0 Å². The first-order valence-corrected chi connectivity index (χ1v) is 2.94. The summed E-state index contributed by atoms with van der Waals surface area (Å²) in [4.78, 5) is 0. The van der Waals surface area contributed by atoms with E-state index in [1.807, 2.05) is 0 Å². The summed E-state index contributed by atoms with van der Waals surface area (Å²) in [6.45, 7) is 2.10. The number of nitrogens with one attached hydrogen (secondary N) is 1. The number of hydrogen-bond donors (Lipinski definition) is 1. The number of methoxy groups -OCH3 is 1. The molecule has 0 unspecified atom stereocenters. The summed E-state index contributed by atoms with van der Waals surface area (Å²) in [7, 11) is 1.62. The van der Waals surface area contributed by atoms with Gasteiger partial charge in [0, 0.05) is 20.2 Å². The third-order valence-electron chi connectivity index (χ3n) is 1.58. The Balaban J connectivity index is 2.40. The number of nitrogens with zero attached hydrogens (tertiary/aromatic N) is 1. The smallest absolute Gasteiger partial charge is 0.105 e. The summed E-state index contributed by atoms with van der Waals surface area (Å²) < 4.78 is 4.88. The maximum Gasteiger partial charge on any atom is 0.105 e. The number of hydrogen-bond acceptors (Lipinski definition) is 3. The van der Waals surface area contributed by atoms with E-state index in [4.69, 9.17) is 10.00 Å². The van der Waals surface area contributed by atoms with Crippen molar-refractivity contribution in [3.63, 3.8) is 0 Å². The molecular formula is C6H10N2O. The van der Waals surface area contributed by atoms with Crippen LogP contribution in [0.1, 0.15) is 0 Å².